The average Bonchev–Trinajstić information content (AvgIpc) is 2.41. The van der Waals surface area contributed by atoms with Crippen LogP contribution in [0.3, 0.4) is 0 Å². The van der Waals surface area contributed by atoms with E-state index in [1.165, 1.54) is 0 Å². The molecule has 0 fully saturated rings. The summed E-state index contributed by atoms with van der Waals surface area (Å²) < 4.78 is 5.58. The third-order valence-corrected chi connectivity index (χ3v) is 3.41. The van der Waals surface area contributed by atoms with Gasteiger partial charge in [-0.05, 0) is 35.9 Å². The Bertz CT molecular complexity index is 650. The van der Waals surface area contributed by atoms with E-state index in [0.29, 0.717) is 33.0 Å². The monoisotopic (exact) mass is 311 g/mol. The lowest BCUT2D eigenvalue weighted by molar-refractivity contribution is 0.305. The summed E-state index contributed by atoms with van der Waals surface area (Å²) in [5.74, 6) is 0.484. The summed E-state index contributed by atoms with van der Waals surface area (Å²) in [6.45, 7) is 0.299. The summed E-state index contributed by atoms with van der Waals surface area (Å²) in [4.78, 5) is 0. The van der Waals surface area contributed by atoms with E-state index in [-0.39, 0.29) is 0 Å². The molecule has 0 amide bonds. The van der Waals surface area contributed by atoms with Gasteiger partial charge in [0.15, 0.2) is 0 Å². The van der Waals surface area contributed by atoms with Crippen LogP contribution < -0.4 is 4.74 Å². The van der Waals surface area contributed by atoms with Gasteiger partial charge in [0, 0.05) is 5.02 Å². The minimum Gasteiger partial charge on any atom is -0.488 e. The highest BCUT2D eigenvalue weighted by molar-refractivity contribution is 6.42. The molecule has 0 unspecified atom stereocenters. The standard InChI is InChI=1S/C14H8Cl3NO/c15-11-2-4-14(10(6-11)7-18)19-8-9-1-3-12(16)13(17)5-9/h1-6H,8H2. The predicted molar refractivity (Wildman–Crippen MR) is 77.0 cm³/mol. The van der Waals surface area contributed by atoms with Crippen LogP contribution in [0.15, 0.2) is 36.4 Å². The molecule has 0 aliphatic carbocycles. The van der Waals surface area contributed by atoms with Crippen molar-refractivity contribution in [2.75, 3.05) is 0 Å². The molecular weight excluding hydrogens is 305 g/mol. The summed E-state index contributed by atoms with van der Waals surface area (Å²) in [6.07, 6.45) is 0. The second-order valence-corrected chi connectivity index (χ2v) is 5.04. The first-order valence-corrected chi connectivity index (χ1v) is 6.50. The molecule has 0 heterocycles. The van der Waals surface area contributed by atoms with Crippen molar-refractivity contribution >= 4 is 34.8 Å². The Morgan fingerprint density at radius 3 is 2.47 bits per heavy atom. The summed E-state index contributed by atoms with van der Waals surface area (Å²) >= 11 is 17.6. The predicted octanol–water partition coefficient (Wildman–Crippen LogP) is 5.10. The van der Waals surface area contributed by atoms with Crippen LogP contribution >= 0.6 is 34.8 Å². The molecule has 5 heteroatoms. The highest BCUT2D eigenvalue weighted by atomic mass is 35.5. The molecule has 2 aromatic carbocycles. The van der Waals surface area contributed by atoms with Gasteiger partial charge in [0.25, 0.3) is 0 Å². The number of ether oxygens (including phenoxy) is 1. The van der Waals surface area contributed by atoms with Gasteiger partial charge in [-0.2, -0.15) is 5.26 Å². The van der Waals surface area contributed by atoms with E-state index < -0.39 is 0 Å². The van der Waals surface area contributed by atoms with Gasteiger partial charge < -0.3 is 4.74 Å². The zero-order chi connectivity index (χ0) is 13.8. The SMILES string of the molecule is N#Cc1cc(Cl)ccc1OCc1ccc(Cl)c(Cl)c1. The molecule has 19 heavy (non-hydrogen) atoms. The smallest absolute Gasteiger partial charge is 0.137 e. The number of nitrogens with zero attached hydrogens (tertiary/aromatic N) is 1. The lowest BCUT2D eigenvalue weighted by atomic mass is 10.2. The van der Waals surface area contributed by atoms with Crippen molar-refractivity contribution in [1.82, 2.24) is 0 Å². The van der Waals surface area contributed by atoms with Crippen LogP contribution in [-0.2, 0) is 6.61 Å². The maximum Gasteiger partial charge on any atom is 0.137 e. The molecule has 0 aromatic heterocycles. The number of nitriles is 1. The van der Waals surface area contributed by atoms with Crippen molar-refractivity contribution in [1.29, 1.82) is 5.26 Å². The molecule has 0 saturated carbocycles. The normalized spacial score (nSPS) is 10.0. The first-order valence-electron chi connectivity index (χ1n) is 5.36. The fourth-order valence-corrected chi connectivity index (χ4v) is 2.00. The Labute approximate surface area is 126 Å². The van der Waals surface area contributed by atoms with Crippen molar-refractivity contribution in [3.8, 4) is 11.8 Å². The molecule has 0 radical (unpaired) electrons. The first kappa shape index (κ1) is 14.0. The van der Waals surface area contributed by atoms with Crippen LogP contribution in [-0.4, -0.2) is 0 Å². The summed E-state index contributed by atoms with van der Waals surface area (Å²) in [6, 6.07) is 12.2. The molecule has 0 N–H and O–H groups in total. The van der Waals surface area contributed by atoms with Crippen molar-refractivity contribution in [2.45, 2.75) is 6.61 Å². The van der Waals surface area contributed by atoms with Crippen LogP contribution in [0.1, 0.15) is 11.1 Å². The van der Waals surface area contributed by atoms with E-state index in [9.17, 15) is 0 Å². The van der Waals surface area contributed by atoms with Crippen molar-refractivity contribution in [3.63, 3.8) is 0 Å². The second kappa shape index (κ2) is 6.16. The third kappa shape index (κ3) is 3.54. The number of rotatable bonds is 3. The Morgan fingerprint density at radius 1 is 1.00 bits per heavy atom. The van der Waals surface area contributed by atoms with Crippen LogP contribution in [0.5, 0.6) is 5.75 Å². The Balaban J connectivity index is 2.14. The minimum atomic E-state index is 0.299. The number of benzene rings is 2. The fraction of sp³-hybridized carbons (Fsp3) is 0.0714. The summed E-state index contributed by atoms with van der Waals surface area (Å²) in [5, 5.41) is 10.5. The topological polar surface area (TPSA) is 33.0 Å². The molecule has 2 rings (SSSR count). The van der Waals surface area contributed by atoms with Crippen molar-refractivity contribution < 1.29 is 4.74 Å². The molecular formula is C14H8Cl3NO. The molecule has 0 bridgehead atoms. The number of halogens is 3. The van der Waals surface area contributed by atoms with Gasteiger partial charge in [0.2, 0.25) is 0 Å². The van der Waals surface area contributed by atoms with Gasteiger partial charge in [-0.3, -0.25) is 0 Å². The molecule has 0 spiro atoms. The van der Waals surface area contributed by atoms with Crippen molar-refractivity contribution in [3.05, 3.63) is 62.6 Å². The average molecular weight is 313 g/mol. The maximum absolute atomic E-state index is 8.99. The Morgan fingerprint density at radius 2 is 1.79 bits per heavy atom. The van der Waals surface area contributed by atoms with Gasteiger partial charge in [-0.25, -0.2) is 0 Å². The van der Waals surface area contributed by atoms with Crippen LogP contribution in [0.4, 0.5) is 0 Å². The van der Waals surface area contributed by atoms with E-state index in [4.69, 9.17) is 44.8 Å². The molecule has 0 saturated heterocycles. The molecule has 0 aliphatic rings. The molecule has 0 atom stereocenters. The van der Waals surface area contributed by atoms with Gasteiger partial charge in [0.05, 0.1) is 15.6 Å². The lowest BCUT2D eigenvalue weighted by Crippen LogP contribution is -1.97. The fourth-order valence-electron chi connectivity index (χ4n) is 1.51. The van der Waals surface area contributed by atoms with Crippen LogP contribution in [0.2, 0.25) is 15.1 Å². The largest absolute Gasteiger partial charge is 0.488 e. The van der Waals surface area contributed by atoms with Gasteiger partial charge in [0.1, 0.15) is 18.4 Å². The Hall–Kier alpha value is -1.40. The van der Waals surface area contributed by atoms with Gasteiger partial charge >= 0.3 is 0 Å². The third-order valence-electron chi connectivity index (χ3n) is 2.44. The summed E-state index contributed by atoms with van der Waals surface area (Å²) in [5.41, 5.74) is 1.26. The van der Waals surface area contributed by atoms with E-state index in [0.717, 1.165) is 5.56 Å². The van der Waals surface area contributed by atoms with E-state index in [1.807, 2.05) is 12.1 Å². The zero-order valence-corrected chi connectivity index (χ0v) is 11.9. The molecule has 0 aliphatic heterocycles. The number of hydrogen-bond donors (Lipinski definition) is 0. The first-order chi connectivity index (χ1) is 9.10. The van der Waals surface area contributed by atoms with Crippen LogP contribution in [0, 0.1) is 11.3 Å². The zero-order valence-electron chi connectivity index (χ0n) is 9.66. The second-order valence-electron chi connectivity index (χ2n) is 3.79. The minimum absolute atomic E-state index is 0.299. The van der Waals surface area contributed by atoms with Crippen LogP contribution in [0.25, 0.3) is 0 Å². The number of hydrogen-bond acceptors (Lipinski definition) is 2. The van der Waals surface area contributed by atoms with E-state index in [1.54, 1.807) is 30.3 Å². The van der Waals surface area contributed by atoms with Crippen molar-refractivity contribution in [2.24, 2.45) is 0 Å². The van der Waals surface area contributed by atoms with Gasteiger partial charge in [-0.1, -0.05) is 40.9 Å². The molecule has 96 valence electrons. The lowest BCUT2D eigenvalue weighted by Gasteiger charge is -2.08. The maximum atomic E-state index is 8.99. The molecule has 2 aromatic rings. The quantitative estimate of drug-likeness (QED) is 0.790. The highest BCUT2D eigenvalue weighted by Crippen LogP contribution is 2.25. The highest BCUT2D eigenvalue weighted by Gasteiger charge is 2.05. The summed E-state index contributed by atoms with van der Waals surface area (Å²) in [7, 11) is 0. The van der Waals surface area contributed by atoms with E-state index in [2.05, 4.69) is 0 Å². The molecule has 2 nitrogen and oxygen atoms in total. The van der Waals surface area contributed by atoms with E-state index >= 15 is 0 Å². The Kier molecular flexibility index (Phi) is 4.55. The van der Waals surface area contributed by atoms with Gasteiger partial charge in [-0.15, -0.1) is 0 Å².